The molecule has 0 atom stereocenters. The molecule has 39 heavy (non-hydrogen) atoms. The summed E-state index contributed by atoms with van der Waals surface area (Å²) in [4.78, 5) is 33.3. The molecule has 9 nitrogen and oxygen atoms in total. The SMILES string of the molecule is O=C(CN1CCN(C(=O)c2ccc(NS(=O)(=O)c3cccc4cccnc34)cc2)CC1)Nc1ccc(F)cc1. The van der Waals surface area contributed by atoms with Crippen molar-refractivity contribution in [3.05, 3.63) is 96.4 Å². The van der Waals surface area contributed by atoms with Gasteiger partial charge in [0.1, 0.15) is 10.7 Å². The third kappa shape index (κ3) is 6.21. The second-order valence-electron chi connectivity index (χ2n) is 9.14. The summed E-state index contributed by atoms with van der Waals surface area (Å²) in [5.41, 5.74) is 1.67. The maximum Gasteiger partial charge on any atom is 0.264 e. The highest BCUT2D eigenvalue weighted by Crippen LogP contribution is 2.23. The highest BCUT2D eigenvalue weighted by Gasteiger charge is 2.24. The molecule has 11 heteroatoms. The van der Waals surface area contributed by atoms with Crippen molar-refractivity contribution in [1.82, 2.24) is 14.8 Å². The number of carbonyl (C=O) groups is 2. The predicted octanol–water partition coefficient (Wildman–Crippen LogP) is 3.57. The van der Waals surface area contributed by atoms with Gasteiger partial charge in [0.2, 0.25) is 5.91 Å². The van der Waals surface area contributed by atoms with Gasteiger partial charge in [-0.25, -0.2) is 12.8 Å². The molecule has 4 aromatic rings. The Hall–Kier alpha value is -4.35. The molecule has 200 valence electrons. The maximum absolute atomic E-state index is 13.0. The van der Waals surface area contributed by atoms with Crippen molar-refractivity contribution in [2.24, 2.45) is 0 Å². The van der Waals surface area contributed by atoms with E-state index in [9.17, 15) is 22.4 Å². The number of piperazine rings is 1. The van der Waals surface area contributed by atoms with Crippen molar-refractivity contribution in [3.63, 3.8) is 0 Å². The Morgan fingerprint density at radius 2 is 1.51 bits per heavy atom. The number of sulfonamides is 1. The van der Waals surface area contributed by atoms with Crippen LogP contribution in [0.4, 0.5) is 15.8 Å². The number of nitrogens with zero attached hydrogens (tertiary/aromatic N) is 3. The molecule has 0 saturated carbocycles. The van der Waals surface area contributed by atoms with Gasteiger partial charge in [-0.3, -0.25) is 24.2 Å². The van der Waals surface area contributed by atoms with Crippen molar-refractivity contribution in [2.75, 3.05) is 42.8 Å². The molecule has 0 unspecified atom stereocenters. The van der Waals surface area contributed by atoms with Crippen molar-refractivity contribution in [2.45, 2.75) is 4.90 Å². The lowest BCUT2D eigenvalue weighted by molar-refractivity contribution is -0.117. The molecule has 5 rings (SSSR count). The number of para-hydroxylation sites is 1. The highest BCUT2D eigenvalue weighted by molar-refractivity contribution is 7.93. The fraction of sp³-hybridized carbons (Fsp3) is 0.179. The lowest BCUT2D eigenvalue weighted by atomic mass is 10.1. The van der Waals surface area contributed by atoms with E-state index in [0.29, 0.717) is 48.6 Å². The Morgan fingerprint density at radius 1 is 0.846 bits per heavy atom. The number of benzene rings is 3. The molecular weight excluding hydrogens is 521 g/mol. The van der Waals surface area contributed by atoms with Gasteiger partial charge in [-0.05, 0) is 60.7 Å². The van der Waals surface area contributed by atoms with Crippen LogP contribution in [0.25, 0.3) is 10.9 Å². The van der Waals surface area contributed by atoms with Gasteiger partial charge in [0, 0.05) is 54.7 Å². The molecule has 0 bridgehead atoms. The summed E-state index contributed by atoms with van der Waals surface area (Å²) in [6.07, 6.45) is 1.55. The average Bonchev–Trinajstić information content (AvgIpc) is 2.94. The first-order valence-electron chi connectivity index (χ1n) is 12.3. The quantitative estimate of drug-likeness (QED) is 0.366. The van der Waals surface area contributed by atoms with Crippen molar-refractivity contribution in [3.8, 4) is 0 Å². The van der Waals surface area contributed by atoms with E-state index >= 15 is 0 Å². The normalized spacial score (nSPS) is 14.2. The van der Waals surface area contributed by atoms with Crippen LogP contribution in [-0.4, -0.2) is 67.7 Å². The van der Waals surface area contributed by atoms with Crippen LogP contribution in [0.1, 0.15) is 10.4 Å². The zero-order chi connectivity index (χ0) is 27.4. The summed E-state index contributed by atoms with van der Waals surface area (Å²) in [7, 11) is -3.89. The predicted molar refractivity (Wildman–Crippen MR) is 146 cm³/mol. The number of aromatic nitrogens is 1. The third-order valence-corrected chi connectivity index (χ3v) is 7.84. The van der Waals surface area contributed by atoms with Gasteiger partial charge in [-0.15, -0.1) is 0 Å². The molecule has 2 amide bonds. The van der Waals surface area contributed by atoms with Crippen molar-refractivity contribution in [1.29, 1.82) is 0 Å². The molecule has 0 spiro atoms. The van der Waals surface area contributed by atoms with Gasteiger partial charge < -0.3 is 10.2 Å². The Bertz CT molecular complexity index is 1600. The second-order valence-corrected chi connectivity index (χ2v) is 10.8. The fourth-order valence-corrected chi connectivity index (χ4v) is 5.65. The highest BCUT2D eigenvalue weighted by atomic mass is 32.2. The number of amides is 2. The molecule has 1 aliphatic heterocycles. The lowest BCUT2D eigenvalue weighted by Crippen LogP contribution is -2.50. The number of hydrogen-bond acceptors (Lipinski definition) is 6. The largest absolute Gasteiger partial charge is 0.336 e. The van der Waals surface area contributed by atoms with Gasteiger partial charge >= 0.3 is 0 Å². The summed E-state index contributed by atoms with van der Waals surface area (Å²) >= 11 is 0. The van der Waals surface area contributed by atoms with E-state index in [1.807, 2.05) is 4.90 Å². The molecular formula is C28H26FN5O4S. The minimum absolute atomic E-state index is 0.0740. The van der Waals surface area contributed by atoms with Gasteiger partial charge in [0.25, 0.3) is 15.9 Å². The number of fused-ring (bicyclic) bond motifs is 1. The molecule has 2 heterocycles. The lowest BCUT2D eigenvalue weighted by Gasteiger charge is -2.34. The summed E-state index contributed by atoms with van der Waals surface area (Å²) in [6, 6.07) is 20.4. The number of halogens is 1. The van der Waals surface area contributed by atoms with Crippen LogP contribution in [0, 0.1) is 5.82 Å². The van der Waals surface area contributed by atoms with Gasteiger partial charge in [0.15, 0.2) is 0 Å². The topological polar surface area (TPSA) is 112 Å². The number of hydrogen-bond donors (Lipinski definition) is 2. The monoisotopic (exact) mass is 547 g/mol. The number of rotatable bonds is 7. The van der Waals surface area contributed by atoms with Crippen LogP contribution in [0.15, 0.2) is 90.0 Å². The molecule has 2 N–H and O–H groups in total. The number of carbonyl (C=O) groups excluding carboxylic acids is 2. The molecule has 0 radical (unpaired) electrons. The van der Waals surface area contributed by atoms with E-state index < -0.39 is 10.0 Å². The minimum atomic E-state index is -3.89. The van der Waals surface area contributed by atoms with Crippen LogP contribution in [0.3, 0.4) is 0 Å². The average molecular weight is 548 g/mol. The summed E-state index contributed by atoms with van der Waals surface area (Å²) in [5.74, 6) is -0.750. The molecule has 1 aliphatic rings. The van der Waals surface area contributed by atoms with Gasteiger partial charge in [-0.1, -0.05) is 18.2 Å². The molecule has 1 aromatic heterocycles. The van der Waals surface area contributed by atoms with Crippen LogP contribution in [0.2, 0.25) is 0 Å². The summed E-state index contributed by atoms with van der Waals surface area (Å²) in [5, 5.41) is 3.45. The third-order valence-electron chi connectivity index (χ3n) is 6.42. The van der Waals surface area contributed by atoms with E-state index in [1.54, 1.807) is 59.6 Å². The van der Waals surface area contributed by atoms with E-state index in [1.165, 1.54) is 30.3 Å². The smallest absolute Gasteiger partial charge is 0.264 e. The van der Waals surface area contributed by atoms with Crippen molar-refractivity contribution < 1.29 is 22.4 Å². The number of nitrogens with one attached hydrogen (secondary N) is 2. The van der Waals surface area contributed by atoms with Crippen LogP contribution in [0.5, 0.6) is 0 Å². The van der Waals surface area contributed by atoms with Crippen molar-refractivity contribution >= 4 is 44.1 Å². The van der Waals surface area contributed by atoms with Gasteiger partial charge in [0.05, 0.1) is 12.1 Å². The molecule has 1 saturated heterocycles. The first-order chi connectivity index (χ1) is 18.8. The Labute approximate surface area is 225 Å². The Kier molecular flexibility index (Phi) is 7.53. The Morgan fingerprint density at radius 3 is 2.23 bits per heavy atom. The van der Waals surface area contributed by atoms with E-state index in [-0.39, 0.29) is 29.1 Å². The molecule has 0 aliphatic carbocycles. The number of pyridine rings is 1. The Balaban J connectivity index is 1.15. The van der Waals surface area contributed by atoms with E-state index in [0.717, 1.165) is 5.39 Å². The zero-order valence-corrected chi connectivity index (χ0v) is 21.7. The zero-order valence-electron chi connectivity index (χ0n) is 20.9. The molecule has 1 fully saturated rings. The maximum atomic E-state index is 13.0. The summed E-state index contributed by atoms with van der Waals surface area (Å²) in [6.45, 7) is 2.12. The van der Waals surface area contributed by atoms with Gasteiger partial charge in [-0.2, -0.15) is 0 Å². The van der Waals surface area contributed by atoms with Crippen LogP contribution < -0.4 is 10.0 Å². The molecule has 3 aromatic carbocycles. The standard InChI is InChI=1S/C28H26FN5O4S/c29-22-8-12-23(13-9-22)31-26(35)19-33-15-17-34(18-16-33)28(36)21-6-10-24(11-7-21)32-39(37,38)25-5-1-3-20-4-2-14-30-27(20)25/h1-14,32H,15-19H2,(H,31,35). The second kappa shape index (κ2) is 11.2. The first kappa shape index (κ1) is 26.3. The number of anilines is 2. The van der Waals surface area contributed by atoms with E-state index in [4.69, 9.17) is 0 Å². The fourth-order valence-electron chi connectivity index (χ4n) is 4.41. The first-order valence-corrected chi connectivity index (χ1v) is 13.8. The van der Waals surface area contributed by atoms with Crippen LogP contribution >= 0.6 is 0 Å². The minimum Gasteiger partial charge on any atom is -0.336 e. The van der Waals surface area contributed by atoms with Crippen LogP contribution in [-0.2, 0) is 14.8 Å². The van der Waals surface area contributed by atoms with E-state index in [2.05, 4.69) is 15.0 Å². The summed E-state index contributed by atoms with van der Waals surface area (Å²) < 4.78 is 41.7.